The Bertz CT molecular complexity index is 911. The highest BCUT2D eigenvalue weighted by Crippen LogP contribution is 2.31. The predicted octanol–water partition coefficient (Wildman–Crippen LogP) is 2.40. The van der Waals surface area contributed by atoms with Gasteiger partial charge in [0.2, 0.25) is 5.88 Å². The van der Waals surface area contributed by atoms with Crippen LogP contribution in [0.25, 0.3) is 5.65 Å². The first-order chi connectivity index (χ1) is 12.7. The molecule has 0 spiro atoms. The van der Waals surface area contributed by atoms with E-state index in [0.717, 1.165) is 24.8 Å². The van der Waals surface area contributed by atoms with E-state index >= 15 is 0 Å². The van der Waals surface area contributed by atoms with Crippen molar-refractivity contribution in [2.75, 3.05) is 13.2 Å². The number of fused-ring (bicyclic) bond motifs is 1. The Morgan fingerprint density at radius 2 is 2.04 bits per heavy atom. The summed E-state index contributed by atoms with van der Waals surface area (Å²) in [6, 6.07) is 9.69. The van der Waals surface area contributed by atoms with E-state index in [-0.39, 0.29) is 24.4 Å². The van der Waals surface area contributed by atoms with E-state index in [1.54, 1.807) is 24.3 Å². The van der Waals surface area contributed by atoms with Crippen molar-refractivity contribution in [3.63, 3.8) is 0 Å². The zero-order valence-corrected chi connectivity index (χ0v) is 14.1. The maximum atomic E-state index is 13.2. The molecule has 1 amide bonds. The number of hydrogen-bond acceptors (Lipinski definition) is 5. The number of benzene rings is 1. The predicted molar refractivity (Wildman–Crippen MR) is 91.0 cm³/mol. The Morgan fingerprint density at radius 3 is 2.88 bits per heavy atom. The van der Waals surface area contributed by atoms with Gasteiger partial charge >= 0.3 is 0 Å². The molecule has 1 aliphatic heterocycles. The van der Waals surface area contributed by atoms with Crippen molar-refractivity contribution in [1.29, 1.82) is 0 Å². The number of carbonyl (C=O) groups excluding carboxylic acids is 1. The Kier molecular flexibility index (Phi) is 4.47. The van der Waals surface area contributed by atoms with Crippen LogP contribution in [0.1, 0.15) is 30.9 Å². The maximum Gasteiger partial charge on any atom is 0.261 e. The van der Waals surface area contributed by atoms with Gasteiger partial charge in [0, 0.05) is 12.6 Å². The minimum atomic E-state index is -0.277. The lowest BCUT2D eigenvalue weighted by atomic mass is 9.95. The quantitative estimate of drug-likeness (QED) is 0.719. The van der Waals surface area contributed by atoms with Crippen LogP contribution in [0, 0.1) is 5.82 Å². The highest BCUT2D eigenvalue weighted by Gasteiger charge is 2.28. The molecule has 0 radical (unpaired) electrons. The molecular formula is C18H18FN5O2. The van der Waals surface area contributed by atoms with Gasteiger partial charge in [0.05, 0.1) is 6.04 Å². The van der Waals surface area contributed by atoms with Crippen molar-refractivity contribution in [3.05, 3.63) is 54.1 Å². The Labute approximate surface area is 149 Å². The molecule has 1 atom stereocenters. The van der Waals surface area contributed by atoms with Crippen molar-refractivity contribution in [2.45, 2.75) is 25.3 Å². The molecule has 0 aliphatic carbocycles. The molecule has 3 heterocycles. The molecule has 0 saturated carbocycles. The molecule has 1 unspecified atom stereocenters. The first-order valence-electron chi connectivity index (χ1n) is 8.55. The fourth-order valence-corrected chi connectivity index (χ4v) is 3.27. The molecule has 1 saturated heterocycles. The van der Waals surface area contributed by atoms with Crippen LogP contribution in [0.15, 0.2) is 42.7 Å². The monoisotopic (exact) mass is 355 g/mol. The maximum absolute atomic E-state index is 13.2. The second kappa shape index (κ2) is 7.07. The van der Waals surface area contributed by atoms with Crippen LogP contribution in [-0.2, 0) is 4.79 Å². The SMILES string of the molecule is O=C(COc1ccc2nncn2n1)N1CCCCC1c1ccc(F)cc1. The van der Waals surface area contributed by atoms with Crippen LogP contribution >= 0.6 is 0 Å². The number of carbonyl (C=O) groups is 1. The third kappa shape index (κ3) is 3.35. The summed E-state index contributed by atoms with van der Waals surface area (Å²) in [4.78, 5) is 14.5. The molecule has 26 heavy (non-hydrogen) atoms. The lowest BCUT2D eigenvalue weighted by molar-refractivity contribution is -0.137. The van der Waals surface area contributed by atoms with Crippen molar-refractivity contribution >= 4 is 11.6 Å². The fraction of sp³-hybridized carbons (Fsp3) is 0.333. The second-order valence-electron chi connectivity index (χ2n) is 6.24. The van der Waals surface area contributed by atoms with Gasteiger partial charge in [0.25, 0.3) is 5.91 Å². The summed E-state index contributed by atoms with van der Waals surface area (Å²) in [5.74, 6) is -0.0492. The van der Waals surface area contributed by atoms with Crippen LogP contribution < -0.4 is 4.74 Å². The van der Waals surface area contributed by atoms with Crippen LogP contribution in [0.2, 0.25) is 0 Å². The third-order valence-electron chi connectivity index (χ3n) is 4.56. The molecule has 0 N–H and O–H groups in total. The van der Waals surface area contributed by atoms with Gasteiger partial charge in [-0.25, -0.2) is 4.39 Å². The molecule has 3 aromatic rings. The van der Waals surface area contributed by atoms with E-state index in [4.69, 9.17) is 4.74 Å². The number of halogens is 1. The van der Waals surface area contributed by atoms with Crippen molar-refractivity contribution < 1.29 is 13.9 Å². The average molecular weight is 355 g/mol. The van der Waals surface area contributed by atoms with Gasteiger partial charge < -0.3 is 9.64 Å². The molecule has 1 aliphatic rings. The van der Waals surface area contributed by atoms with Gasteiger partial charge in [-0.3, -0.25) is 4.79 Å². The molecule has 1 aromatic carbocycles. The smallest absolute Gasteiger partial charge is 0.261 e. The normalized spacial score (nSPS) is 17.4. The number of likely N-dealkylation sites (tertiary alicyclic amines) is 1. The number of nitrogens with zero attached hydrogens (tertiary/aromatic N) is 5. The number of amides is 1. The summed E-state index contributed by atoms with van der Waals surface area (Å²) in [7, 11) is 0. The number of aromatic nitrogens is 4. The van der Waals surface area contributed by atoms with Crippen molar-refractivity contribution in [2.24, 2.45) is 0 Å². The second-order valence-corrected chi connectivity index (χ2v) is 6.24. The summed E-state index contributed by atoms with van der Waals surface area (Å²) in [6.45, 7) is 0.570. The third-order valence-corrected chi connectivity index (χ3v) is 4.56. The molecule has 1 fully saturated rings. The topological polar surface area (TPSA) is 72.6 Å². The summed E-state index contributed by atoms with van der Waals surface area (Å²) in [5, 5.41) is 11.8. The Hall–Kier alpha value is -3.03. The van der Waals surface area contributed by atoms with Gasteiger partial charge in [0.15, 0.2) is 12.3 Å². The zero-order valence-electron chi connectivity index (χ0n) is 14.1. The first-order valence-corrected chi connectivity index (χ1v) is 8.55. The Morgan fingerprint density at radius 1 is 1.19 bits per heavy atom. The number of hydrogen-bond donors (Lipinski definition) is 0. The highest BCUT2D eigenvalue weighted by atomic mass is 19.1. The van der Waals surface area contributed by atoms with Crippen LogP contribution in [0.4, 0.5) is 4.39 Å². The van der Waals surface area contributed by atoms with Gasteiger partial charge in [0.1, 0.15) is 12.1 Å². The van der Waals surface area contributed by atoms with E-state index in [9.17, 15) is 9.18 Å². The minimum absolute atomic E-state index is 0.0475. The lowest BCUT2D eigenvalue weighted by Crippen LogP contribution is -2.41. The van der Waals surface area contributed by atoms with Crippen LogP contribution in [0.3, 0.4) is 0 Å². The summed E-state index contributed by atoms with van der Waals surface area (Å²) in [6.07, 6.45) is 4.33. The van der Waals surface area contributed by atoms with Gasteiger partial charge in [-0.15, -0.1) is 15.3 Å². The number of rotatable bonds is 4. The van der Waals surface area contributed by atoms with Crippen LogP contribution in [-0.4, -0.2) is 43.8 Å². The van der Waals surface area contributed by atoms with E-state index < -0.39 is 0 Å². The summed E-state index contributed by atoms with van der Waals surface area (Å²) >= 11 is 0. The highest BCUT2D eigenvalue weighted by molar-refractivity contribution is 5.78. The molecule has 4 rings (SSSR count). The largest absolute Gasteiger partial charge is 0.467 e. The molecule has 7 nitrogen and oxygen atoms in total. The van der Waals surface area contributed by atoms with E-state index in [1.807, 2.05) is 4.90 Å². The number of piperidine rings is 1. The molecule has 8 heteroatoms. The van der Waals surface area contributed by atoms with Gasteiger partial charge in [-0.1, -0.05) is 12.1 Å². The van der Waals surface area contributed by atoms with E-state index in [2.05, 4.69) is 15.3 Å². The summed E-state index contributed by atoms with van der Waals surface area (Å²) < 4.78 is 20.2. The van der Waals surface area contributed by atoms with Crippen LogP contribution in [0.5, 0.6) is 5.88 Å². The van der Waals surface area contributed by atoms with Gasteiger partial charge in [-0.05, 0) is 43.0 Å². The Balaban J connectivity index is 1.45. The van der Waals surface area contributed by atoms with Crippen molar-refractivity contribution in [3.8, 4) is 5.88 Å². The average Bonchev–Trinajstić information content (AvgIpc) is 3.14. The molecule has 0 bridgehead atoms. The first kappa shape index (κ1) is 16.4. The van der Waals surface area contributed by atoms with E-state index in [1.165, 1.54) is 23.0 Å². The molecule has 2 aromatic heterocycles. The molecular weight excluding hydrogens is 337 g/mol. The number of ether oxygens (including phenoxy) is 1. The zero-order chi connectivity index (χ0) is 17.9. The fourth-order valence-electron chi connectivity index (χ4n) is 3.27. The van der Waals surface area contributed by atoms with Gasteiger partial charge in [-0.2, -0.15) is 4.52 Å². The molecule has 134 valence electrons. The standard InChI is InChI=1S/C18H18FN5O2/c19-14-6-4-13(5-7-14)15-3-1-2-10-23(15)18(25)11-26-17-9-8-16-21-20-12-24(16)22-17/h4-9,12,15H,1-3,10-11H2. The van der Waals surface area contributed by atoms with E-state index in [0.29, 0.717) is 18.1 Å². The minimum Gasteiger partial charge on any atom is -0.467 e. The lowest BCUT2D eigenvalue weighted by Gasteiger charge is -2.36. The van der Waals surface area contributed by atoms with Crippen molar-refractivity contribution in [1.82, 2.24) is 24.7 Å². The summed E-state index contributed by atoms with van der Waals surface area (Å²) in [5.41, 5.74) is 1.56.